The lowest BCUT2D eigenvalue weighted by Crippen LogP contribution is -2.41. The summed E-state index contributed by atoms with van der Waals surface area (Å²) in [5, 5.41) is 6.05. The summed E-state index contributed by atoms with van der Waals surface area (Å²) in [7, 11) is 3.02. The van der Waals surface area contributed by atoms with E-state index >= 15 is 0 Å². The van der Waals surface area contributed by atoms with Gasteiger partial charge in [-0.15, -0.1) is 0 Å². The van der Waals surface area contributed by atoms with Gasteiger partial charge in [0.05, 0.1) is 19.9 Å². The molecule has 27 heavy (non-hydrogen) atoms. The van der Waals surface area contributed by atoms with Crippen LogP contribution >= 0.6 is 11.6 Å². The molecule has 0 aliphatic carbocycles. The minimum absolute atomic E-state index is 0.418. The molecule has 0 atom stereocenters. The second kappa shape index (κ2) is 8.31. The fraction of sp³-hybridized carbons (Fsp3) is 0.300. The third-order valence-electron chi connectivity index (χ3n) is 4.31. The topological polar surface area (TPSA) is 76.7 Å². The standard InChI is InChI=1S/C20H23ClN2O4/c1-12-14(21)7-6-8-15(12)22-18(24)20(2,3)19(25)23-16-11-13(26-4)9-10-17(16)27-5/h6-11H,1-5H3,(H,22,24)(H,23,25). The van der Waals surface area contributed by atoms with Gasteiger partial charge in [0.25, 0.3) is 0 Å². The number of rotatable bonds is 6. The monoisotopic (exact) mass is 390 g/mol. The Morgan fingerprint density at radius 2 is 1.59 bits per heavy atom. The van der Waals surface area contributed by atoms with E-state index in [1.54, 1.807) is 57.2 Å². The van der Waals surface area contributed by atoms with Crippen LogP contribution in [0.15, 0.2) is 36.4 Å². The molecule has 2 rings (SSSR count). The van der Waals surface area contributed by atoms with Crippen LogP contribution in [0.2, 0.25) is 5.02 Å². The SMILES string of the molecule is COc1ccc(OC)c(NC(=O)C(C)(C)C(=O)Nc2cccc(Cl)c2C)c1. The highest BCUT2D eigenvalue weighted by Gasteiger charge is 2.37. The highest BCUT2D eigenvalue weighted by atomic mass is 35.5. The summed E-state index contributed by atoms with van der Waals surface area (Å²) in [5.41, 5.74) is 0.371. The molecule has 0 heterocycles. The van der Waals surface area contributed by atoms with Gasteiger partial charge in [0, 0.05) is 16.8 Å². The van der Waals surface area contributed by atoms with E-state index in [1.807, 2.05) is 0 Å². The highest BCUT2D eigenvalue weighted by molar-refractivity contribution is 6.31. The fourth-order valence-corrected chi connectivity index (χ4v) is 2.49. The van der Waals surface area contributed by atoms with Crippen molar-refractivity contribution in [3.8, 4) is 11.5 Å². The summed E-state index contributed by atoms with van der Waals surface area (Å²) in [5.74, 6) is 0.0902. The number of carbonyl (C=O) groups is 2. The number of methoxy groups -OCH3 is 2. The molecule has 0 saturated heterocycles. The van der Waals surface area contributed by atoms with Gasteiger partial charge in [0.15, 0.2) is 0 Å². The number of benzene rings is 2. The van der Waals surface area contributed by atoms with Gasteiger partial charge >= 0.3 is 0 Å². The first kappa shape index (κ1) is 20.6. The Kier molecular flexibility index (Phi) is 6.33. The molecule has 0 aromatic heterocycles. The van der Waals surface area contributed by atoms with Gasteiger partial charge in [-0.3, -0.25) is 9.59 Å². The van der Waals surface area contributed by atoms with Crippen LogP contribution in [0, 0.1) is 12.3 Å². The maximum atomic E-state index is 12.8. The molecule has 7 heteroatoms. The number of carbonyl (C=O) groups excluding carboxylic acids is 2. The molecule has 0 radical (unpaired) electrons. The van der Waals surface area contributed by atoms with Crippen molar-refractivity contribution < 1.29 is 19.1 Å². The van der Waals surface area contributed by atoms with Crippen LogP contribution in [0.5, 0.6) is 11.5 Å². The smallest absolute Gasteiger partial charge is 0.239 e. The molecule has 0 unspecified atom stereocenters. The van der Waals surface area contributed by atoms with Crippen LogP contribution in [-0.2, 0) is 9.59 Å². The van der Waals surface area contributed by atoms with Gasteiger partial charge in [-0.25, -0.2) is 0 Å². The van der Waals surface area contributed by atoms with Crippen molar-refractivity contribution in [1.82, 2.24) is 0 Å². The fourth-order valence-electron chi connectivity index (χ4n) is 2.31. The van der Waals surface area contributed by atoms with Crippen molar-refractivity contribution in [3.05, 3.63) is 47.0 Å². The minimum Gasteiger partial charge on any atom is -0.497 e. The van der Waals surface area contributed by atoms with E-state index in [-0.39, 0.29) is 0 Å². The second-order valence-corrected chi connectivity index (χ2v) is 6.92. The van der Waals surface area contributed by atoms with Crippen LogP contribution in [-0.4, -0.2) is 26.0 Å². The highest BCUT2D eigenvalue weighted by Crippen LogP contribution is 2.31. The normalized spacial score (nSPS) is 10.9. The van der Waals surface area contributed by atoms with Crippen molar-refractivity contribution in [2.24, 2.45) is 5.41 Å². The molecule has 2 N–H and O–H groups in total. The summed E-state index contributed by atoms with van der Waals surface area (Å²) >= 11 is 6.09. The van der Waals surface area contributed by atoms with E-state index < -0.39 is 17.2 Å². The van der Waals surface area contributed by atoms with Gasteiger partial charge in [0.2, 0.25) is 11.8 Å². The Labute approximate surface area is 163 Å². The molecule has 2 aromatic rings. The molecular weight excluding hydrogens is 368 g/mol. The summed E-state index contributed by atoms with van der Waals surface area (Å²) in [6.45, 7) is 4.89. The minimum atomic E-state index is -1.34. The molecule has 0 aliphatic heterocycles. The van der Waals surface area contributed by atoms with Gasteiger partial charge in [-0.1, -0.05) is 17.7 Å². The number of amides is 2. The summed E-state index contributed by atoms with van der Waals surface area (Å²) in [6.07, 6.45) is 0. The second-order valence-electron chi connectivity index (χ2n) is 6.51. The molecule has 0 bridgehead atoms. The van der Waals surface area contributed by atoms with E-state index in [0.717, 1.165) is 5.56 Å². The quantitative estimate of drug-likeness (QED) is 0.722. The lowest BCUT2D eigenvalue weighted by Gasteiger charge is -2.24. The first-order chi connectivity index (χ1) is 12.7. The summed E-state index contributed by atoms with van der Waals surface area (Å²) < 4.78 is 10.4. The Morgan fingerprint density at radius 3 is 2.19 bits per heavy atom. The molecule has 2 amide bonds. The third-order valence-corrected chi connectivity index (χ3v) is 4.72. The van der Waals surface area contributed by atoms with Crippen molar-refractivity contribution in [2.45, 2.75) is 20.8 Å². The van der Waals surface area contributed by atoms with Gasteiger partial charge < -0.3 is 20.1 Å². The molecule has 6 nitrogen and oxygen atoms in total. The predicted molar refractivity (Wildman–Crippen MR) is 107 cm³/mol. The van der Waals surface area contributed by atoms with Crippen LogP contribution in [0.25, 0.3) is 0 Å². The van der Waals surface area contributed by atoms with Crippen molar-refractivity contribution in [2.75, 3.05) is 24.9 Å². The Bertz CT molecular complexity index is 865. The molecule has 0 spiro atoms. The van der Waals surface area contributed by atoms with Crippen molar-refractivity contribution >= 4 is 34.8 Å². The molecular formula is C20H23ClN2O4. The first-order valence-electron chi connectivity index (χ1n) is 8.30. The predicted octanol–water partition coefficient (Wildman–Crippen LogP) is 4.27. The molecule has 0 saturated carbocycles. The summed E-state index contributed by atoms with van der Waals surface area (Å²) in [6, 6.07) is 10.2. The Balaban J connectivity index is 2.21. The van der Waals surface area contributed by atoms with Crippen molar-refractivity contribution in [1.29, 1.82) is 0 Å². The van der Waals surface area contributed by atoms with Crippen LogP contribution in [0.1, 0.15) is 19.4 Å². The van der Waals surface area contributed by atoms with Crippen LogP contribution < -0.4 is 20.1 Å². The van der Waals surface area contributed by atoms with Gasteiger partial charge in [-0.05, 0) is 50.6 Å². The number of hydrogen-bond donors (Lipinski definition) is 2. The van der Waals surface area contributed by atoms with E-state index in [4.69, 9.17) is 21.1 Å². The third kappa shape index (κ3) is 4.52. The van der Waals surface area contributed by atoms with Crippen molar-refractivity contribution in [3.63, 3.8) is 0 Å². The first-order valence-corrected chi connectivity index (χ1v) is 8.68. The van der Waals surface area contributed by atoms with E-state index in [0.29, 0.717) is 27.9 Å². The van der Waals surface area contributed by atoms with Crippen LogP contribution in [0.4, 0.5) is 11.4 Å². The Hall–Kier alpha value is -2.73. The van der Waals surface area contributed by atoms with E-state index in [1.165, 1.54) is 14.2 Å². The lowest BCUT2D eigenvalue weighted by atomic mass is 9.90. The average molecular weight is 391 g/mol. The van der Waals surface area contributed by atoms with E-state index in [9.17, 15) is 9.59 Å². The Morgan fingerprint density at radius 1 is 0.963 bits per heavy atom. The number of nitrogens with one attached hydrogen (secondary N) is 2. The van der Waals surface area contributed by atoms with E-state index in [2.05, 4.69) is 10.6 Å². The zero-order valence-corrected chi connectivity index (χ0v) is 16.7. The molecule has 0 fully saturated rings. The van der Waals surface area contributed by atoms with Gasteiger partial charge in [-0.2, -0.15) is 0 Å². The van der Waals surface area contributed by atoms with Gasteiger partial charge in [0.1, 0.15) is 16.9 Å². The average Bonchev–Trinajstić information content (AvgIpc) is 2.65. The number of anilines is 2. The maximum absolute atomic E-state index is 12.8. The zero-order valence-electron chi connectivity index (χ0n) is 16.0. The summed E-state index contributed by atoms with van der Waals surface area (Å²) in [4.78, 5) is 25.5. The largest absolute Gasteiger partial charge is 0.497 e. The molecule has 144 valence electrons. The number of hydrogen-bond acceptors (Lipinski definition) is 4. The lowest BCUT2D eigenvalue weighted by molar-refractivity contribution is -0.135. The molecule has 2 aromatic carbocycles. The number of halogens is 1. The maximum Gasteiger partial charge on any atom is 0.239 e. The van der Waals surface area contributed by atoms with Crippen LogP contribution in [0.3, 0.4) is 0 Å². The zero-order chi connectivity index (χ0) is 20.2. The molecule has 0 aliphatic rings. The number of ether oxygens (including phenoxy) is 2.